The van der Waals surface area contributed by atoms with E-state index in [2.05, 4.69) is 26.1 Å². The summed E-state index contributed by atoms with van der Waals surface area (Å²) < 4.78 is 16.1. The largest absolute Gasteiger partial charge is 0.314 e. The Bertz CT molecular complexity index is 461. The Kier molecular flexibility index (Phi) is 2.81. The molecule has 0 atom stereocenters. The van der Waals surface area contributed by atoms with E-state index in [0.29, 0.717) is 22.4 Å². The highest BCUT2D eigenvalue weighted by atomic mass is 79.9. The minimum absolute atomic E-state index is 0.299. The monoisotopic (exact) mass is 269 g/mol. The standard InChI is InChI=1S/C10H9BrFN3/c1-2-15-6-13-14-10(15)9-7(11)4-3-5-8(9)12/h3-6H,2H2,1H3. The molecule has 0 aliphatic rings. The summed E-state index contributed by atoms with van der Waals surface area (Å²) >= 11 is 3.31. The number of halogens is 2. The summed E-state index contributed by atoms with van der Waals surface area (Å²) in [7, 11) is 0. The van der Waals surface area contributed by atoms with E-state index in [1.165, 1.54) is 6.07 Å². The molecule has 2 aromatic rings. The summed E-state index contributed by atoms with van der Waals surface area (Å²) in [6.07, 6.45) is 1.59. The van der Waals surface area contributed by atoms with Crippen molar-refractivity contribution in [2.75, 3.05) is 0 Å². The van der Waals surface area contributed by atoms with Gasteiger partial charge in [-0.15, -0.1) is 10.2 Å². The van der Waals surface area contributed by atoms with Gasteiger partial charge in [-0.1, -0.05) is 6.07 Å². The normalized spacial score (nSPS) is 10.6. The van der Waals surface area contributed by atoms with Gasteiger partial charge in [0.2, 0.25) is 0 Å². The Labute approximate surface area is 95.1 Å². The van der Waals surface area contributed by atoms with Crippen molar-refractivity contribution in [2.24, 2.45) is 0 Å². The molecular formula is C10H9BrFN3. The van der Waals surface area contributed by atoms with Crippen molar-refractivity contribution in [2.45, 2.75) is 13.5 Å². The van der Waals surface area contributed by atoms with Gasteiger partial charge in [0, 0.05) is 11.0 Å². The second kappa shape index (κ2) is 4.10. The summed E-state index contributed by atoms with van der Waals surface area (Å²) in [5, 5.41) is 7.70. The number of hydrogen-bond acceptors (Lipinski definition) is 2. The van der Waals surface area contributed by atoms with Crippen molar-refractivity contribution < 1.29 is 4.39 Å². The maximum atomic E-state index is 13.6. The van der Waals surface area contributed by atoms with Crippen LogP contribution in [0.5, 0.6) is 0 Å². The van der Waals surface area contributed by atoms with Crippen LogP contribution in [0.2, 0.25) is 0 Å². The zero-order valence-electron chi connectivity index (χ0n) is 8.11. The molecule has 0 amide bonds. The summed E-state index contributed by atoms with van der Waals surface area (Å²) in [5.41, 5.74) is 0.455. The van der Waals surface area contributed by atoms with Crippen LogP contribution in [0.25, 0.3) is 11.4 Å². The van der Waals surface area contributed by atoms with Gasteiger partial charge in [-0.05, 0) is 35.0 Å². The van der Waals surface area contributed by atoms with Gasteiger partial charge >= 0.3 is 0 Å². The number of hydrogen-bond donors (Lipinski definition) is 0. The number of nitrogens with zero attached hydrogens (tertiary/aromatic N) is 3. The van der Waals surface area contributed by atoms with E-state index >= 15 is 0 Å². The Morgan fingerprint density at radius 2 is 2.27 bits per heavy atom. The average Bonchev–Trinajstić information content (AvgIpc) is 2.65. The van der Waals surface area contributed by atoms with Gasteiger partial charge in [0.15, 0.2) is 5.82 Å². The highest BCUT2D eigenvalue weighted by molar-refractivity contribution is 9.10. The van der Waals surface area contributed by atoms with Crippen molar-refractivity contribution in [1.29, 1.82) is 0 Å². The molecule has 2 rings (SSSR count). The van der Waals surface area contributed by atoms with Crippen molar-refractivity contribution >= 4 is 15.9 Å². The Balaban J connectivity index is 2.63. The molecule has 0 aliphatic heterocycles. The molecular weight excluding hydrogens is 261 g/mol. The maximum absolute atomic E-state index is 13.6. The molecule has 0 fully saturated rings. The van der Waals surface area contributed by atoms with Crippen LogP contribution in [0.1, 0.15) is 6.92 Å². The van der Waals surface area contributed by atoms with Crippen LogP contribution in [0.3, 0.4) is 0 Å². The molecule has 1 heterocycles. The average molecular weight is 270 g/mol. The van der Waals surface area contributed by atoms with Gasteiger partial charge in [-0.3, -0.25) is 0 Å². The van der Waals surface area contributed by atoms with Gasteiger partial charge in [-0.2, -0.15) is 0 Å². The molecule has 1 aromatic carbocycles. The van der Waals surface area contributed by atoms with Crippen molar-refractivity contribution in [1.82, 2.24) is 14.8 Å². The molecule has 0 saturated carbocycles. The SMILES string of the molecule is CCn1cnnc1-c1c(F)cccc1Br. The lowest BCUT2D eigenvalue weighted by atomic mass is 10.2. The zero-order valence-corrected chi connectivity index (χ0v) is 9.70. The van der Waals surface area contributed by atoms with E-state index in [9.17, 15) is 4.39 Å². The van der Waals surface area contributed by atoms with E-state index in [4.69, 9.17) is 0 Å². The Morgan fingerprint density at radius 1 is 1.47 bits per heavy atom. The van der Waals surface area contributed by atoms with Gasteiger partial charge < -0.3 is 4.57 Å². The summed E-state index contributed by atoms with van der Waals surface area (Å²) in [6, 6.07) is 4.84. The molecule has 1 aromatic heterocycles. The van der Waals surface area contributed by atoms with Crippen LogP contribution in [-0.4, -0.2) is 14.8 Å². The lowest BCUT2D eigenvalue weighted by Gasteiger charge is -2.06. The van der Waals surface area contributed by atoms with Crippen LogP contribution in [0.4, 0.5) is 4.39 Å². The molecule has 3 nitrogen and oxygen atoms in total. The molecule has 0 N–H and O–H groups in total. The molecule has 0 saturated heterocycles. The highest BCUT2D eigenvalue weighted by Crippen LogP contribution is 2.28. The maximum Gasteiger partial charge on any atom is 0.167 e. The molecule has 5 heteroatoms. The predicted molar refractivity (Wildman–Crippen MR) is 58.8 cm³/mol. The molecule has 0 unspecified atom stereocenters. The molecule has 78 valence electrons. The van der Waals surface area contributed by atoms with Crippen molar-refractivity contribution in [3.8, 4) is 11.4 Å². The van der Waals surface area contributed by atoms with Crippen LogP contribution in [-0.2, 0) is 6.54 Å². The van der Waals surface area contributed by atoms with Crippen molar-refractivity contribution in [3.63, 3.8) is 0 Å². The Morgan fingerprint density at radius 3 is 2.93 bits per heavy atom. The smallest absolute Gasteiger partial charge is 0.167 e. The summed E-state index contributed by atoms with van der Waals surface area (Å²) in [5.74, 6) is 0.245. The first kappa shape index (κ1) is 10.3. The van der Waals surface area contributed by atoms with E-state index < -0.39 is 0 Å². The number of aromatic nitrogens is 3. The minimum Gasteiger partial charge on any atom is -0.314 e. The lowest BCUT2D eigenvalue weighted by molar-refractivity contribution is 0.626. The summed E-state index contributed by atoms with van der Waals surface area (Å²) in [6.45, 7) is 2.67. The third-order valence-corrected chi connectivity index (χ3v) is 2.80. The van der Waals surface area contributed by atoms with Gasteiger partial charge in [0.05, 0.1) is 5.56 Å². The molecule has 0 spiro atoms. The molecule has 15 heavy (non-hydrogen) atoms. The minimum atomic E-state index is -0.299. The topological polar surface area (TPSA) is 30.7 Å². The fourth-order valence-corrected chi connectivity index (χ4v) is 1.91. The fourth-order valence-electron chi connectivity index (χ4n) is 1.39. The first-order valence-corrected chi connectivity index (χ1v) is 5.35. The second-order valence-corrected chi connectivity index (χ2v) is 3.89. The van der Waals surface area contributed by atoms with Crippen LogP contribution < -0.4 is 0 Å². The number of aryl methyl sites for hydroxylation is 1. The van der Waals surface area contributed by atoms with E-state index in [1.54, 1.807) is 23.0 Å². The first-order valence-electron chi connectivity index (χ1n) is 4.56. The molecule has 0 radical (unpaired) electrons. The number of rotatable bonds is 2. The van der Waals surface area contributed by atoms with Crippen LogP contribution in [0.15, 0.2) is 29.0 Å². The quantitative estimate of drug-likeness (QED) is 0.840. The first-order chi connectivity index (χ1) is 7.24. The highest BCUT2D eigenvalue weighted by Gasteiger charge is 2.14. The predicted octanol–water partition coefficient (Wildman–Crippen LogP) is 2.87. The second-order valence-electron chi connectivity index (χ2n) is 3.04. The molecule has 0 aliphatic carbocycles. The lowest BCUT2D eigenvalue weighted by Crippen LogP contribution is -1.98. The summed E-state index contributed by atoms with van der Waals surface area (Å²) in [4.78, 5) is 0. The van der Waals surface area contributed by atoms with E-state index in [1.807, 2.05) is 6.92 Å². The van der Waals surface area contributed by atoms with Crippen LogP contribution in [0, 0.1) is 5.82 Å². The van der Waals surface area contributed by atoms with Crippen molar-refractivity contribution in [3.05, 3.63) is 34.8 Å². The third kappa shape index (κ3) is 1.79. The van der Waals surface area contributed by atoms with Crippen LogP contribution >= 0.6 is 15.9 Å². The van der Waals surface area contributed by atoms with Gasteiger partial charge in [0.25, 0.3) is 0 Å². The third-order valence-electron chi connectivity index (χ3n) is 2.14. The number of benzene rings is 1. The van der Waals surface area contributed by atoms with E-state index in [-0.39, 0.29) is 5.82 Å². The fraction of sp³-hybridized carbons (Fsp3) is 0.200. The van der Waals surface area contributed by atoms with Gasteiger partial charge in [0.1, 0.15) is 12.1 Å². The van der Waals surface area contributed by atoms with Gasteiger partial charge in [-0.25, -0.2) is 4.39 Å². The zero-order chi connectivity index (χ0) is 10.8. The molecule has 0 bridgehead atoms. The van der Waals surface area contributed by atoms with E-state index in [0.717, 1.165) is 0 Å². The Hall–Kier alpha value is -1.23.